The molecule has 1 N–H and O–H groups in total. The summed E-state index contributed by atoms with van der Waals surface area (Å²) >= 11 is 0. The molecule has 0 saturated carbocycles. The maximum Gasteiger partial charge on any atom is 0.252 e. The van der Waals surface area contributed by atoms with Crippen LogP contribution in [-0.2, 0) is 14.4 Å². The predicted molar refractivity (Wildman–Crippen MR) is 44.5 cm³/mol. The van der Waals surface area contributed by atoms with Gasteiger partial charge in [0.15, 0.2) is 0 Å². The smallest absolute Gasteiger partial charge is 0.252 e. The fourth-order valence-corrected chi connectivity index (χ4v) is 1.10. The molecule has 1 saturated heterocycles. The summed E-state index contributed by atoms with van der Waals surface area (Å²) in [5.74, 6) is -1.10. The van der Waals surface area contributed by atoms with Crippen LogP contribution in [0.4, 0.5) is 0 Å². The third kappa shape index (κ3) is 1.74. The largest absolute Gasteiger partial charge is 0.340 e. The molecule has 5 nitrogen and oxygen atoms in total. The van der Waals surface area contributed by atoms with E-state index in [1.807, 2.05) is 0 Å². The highest BCUT2D eigenvalue weighted by molar-refractivity contribution is 6.07. The minimum atomic E-state index is -0.719. The molecule has 0 aliphatic carbocycles. The second-order valence-corrected chi connectivity index (χ2v) is 2.76. The summed E-state index contributed by atoms with van der Waals surface area (Å²) in [5, 5.41) is 2.37. The number of amides is 3. The minimum absolute atomic E-state index is 0.0366. The summed E-state index contributed by atoms with van der Waals surface area (Å²) in [5.41, 5.74) is 0. The third-order valence-electron chi connectivity index (χ3n) is 1.88. The summed E-state index contributed by atoms with van der Waals surface area (Å²) in [7, 11) is 1.39. The fourth-order valence-electron chi connectivity index (χ4n) is 1.10. The van der Waals surface area contributed by atoms with E-state index < -0.39 is 11.9 Å². The fraction of sp³-hybridized carbons (Fsp3) is 0.375. The van der Waals surface area contributed by atoms with Crippen LogP contribution in [0, 0.1) is 0 Å². The first kappa shape index (κ1) is 9.44. The topological polar surface area (TPSA) is 66.5 Å². The van der Waals surface area contributed by atoms with Crippen molar-refractivity contribution in [3.05, 3.63) is 12.7 Å². The number of likely N-dealkylation sites (N-methyl/N-ethyl adjacent to an activating group) is 1. The third-order valence-corrected chi connectivity index (χ3v) is 1.88. The first-order chi connectivity index (χ1) is 6.06. The number of hydrogen-bond donors (Lipinski definition) is 1. The van der Waals surface area contributed by atoms with Crippen molar-refractivity contribution in [3.8, 4) is 0 Å². The lowest BCUT2D eigenvalue weighted by Gasteiger charge is -2.08. The zero-order chi connectivity index (χ0) is 10.0. The van der Waals surface area contributed by atoms with Crippen molar-refractivity contribution >= 4 is 17.7 Å². The van der Waals surface area contributed by atoms with Crippen LogP contribution in [0.1, 0.15) is 6.42 Å². The maximum absolute atomic E-state index is 11.2. The second-order valence-electron chi connectivity index (χ2n) is 2.76. The highest BCUT2D eigenvalue weighted by atomic mass is 16.2. The molecule has 0 aromatic heterocycles. The van der Waals surface area contributed by atoms with Crippen LogP contribution in [0.5, 0.6) is 0 Å². The van der Waals surface area contributed by atoms with Gasteiger partial charge in [-0.15, -0.1) is 0 Å². The van der Waals surface area contributed by atoms with E-state index in [9.17, 15) is 14.4 Å². The van der Waals surface area contributed by atoms with Crippen molar-refractivity contribution < 1.29 is 14.4 Å². The van der Waals surface area contributed by atoms with Gasteiger partial charge in [-0.2, -0.15) is 0 Å². The molecule has 0 spiro atoms. The van der Waals surface area contributed by atoms with Crippen LogP contribution < -0.4 is 5.32 Å². The first-order valence-corrected chi connectivity index (χ1v) is 3.79. The van der Waals surface area contributed by atoms with E-state index in [1.165, 1.54) is 7.05 Å². The van der Waals surface area contributed by atoms with Crippen LogP contribution in [0.2, 0.25) is 0 Å². The van der Waals surface area contributed by atoms with Gasteiger partial charge in [-0.3, -0.25) is 19.3 Å². The van der Waals surface area contributed by atoms with Gasteiger partial charge in [0.25, 0.3) is 5.91 Å². The van der Waals surface area contributed by atoms with Crippen molar-refractivity contribution in [2.45, 2.75) is 12.5 Å². The van der Waals surface area contributed by atoms with Gasteiger partial charge in [0.1, 0.15) is 6.04 Å². The van der Waals surface area contributed by atoms with Crippen LogP contribution in [0.25, 0.3) is 0 Å². The number of rotatable bonds is 2. The van der Waals surface area contributed by atoms with E-state index in [0.717, 1.165) is 11.0 Å². The van der Waals surface area contributed by atoms with Gasteiger partial charge in [-0.25, -0.2) is 0 Å². The monoisotopic (exact) mass is 182 g/mol. The summed E-state index contributed by atoms with van der Waals surface area (Å²) < 4.78 is 0. The van der Waals surface area contributed by atoms with Crippen LogP contribution >= 0.6 is 0 Å². The number of nitrogens with zero attached hydrogens (tertiary/aromatic N) is 1. The van der Waals surface area contributed by atoms with Gasteiger partial charge in [-0.1, -0.05) is 6.58 Å². The summed E-state index contributed by atoms with van der Waals surface area (Å²) in [4.78, 5) is 34.0. The van der Waals surface area contributed by atoms with Crippen LogP contribution in [0.15, 0.2) is 12.7 Å². The van der Waals surface area contributed by atoms with E-state index in [4.69, 9.17) is 0 Å². The first-order valence-electron chi connectivity index (χ1n) is 3.79. The molecule has 1 aliphatic rings. The Morgan fingerprint density at radius 3 is 2.69 bits per heavy atom. The molecular weight excluding hydrogens is 172 g/mol. The van der Waals surface area contributed by atoms with Gasteiger partial charge >= 0.3 is 0 Å². The standard InChI is InChI=1S/C8H10N2O3/c1-3-6(11)9-5-4-7(12)10(2)8(5)13/h3,5H,1,4H2,2H3,(H,9,11). The lowest BCUT2D eigenvalue weighted by Crippen LogP contribution is -2.39. The van der Waals surface area contributed by atoms with E-state index in [0.29, 0.717) is 0 Å². The average molecular weight is 182 g/mol. The quantitative estimate of drug-likeness (QED) is 0.442. The van der Waals surface area contributed by atoms with E-state index in [1.54, 1.807) is 0 Å². The van der Waals surface area contributed by atoms with Crippen LogP contribution in [0.3, 0.4) is 0 Å². The molecule has 1 rings (SSSR count). The molecule has 0 aromatic rings. The Kier molecular flexibility index (Phi) is 2.46. The molecule has 1 heterocycles. The molecule has 13 heavy (non-hydrogen) atoms. The Morgan fingerprint density at radius 1 is 1.69 bits per heavy atom. The van der Waals surface area contributed by atoms with E-state index >= 15 is 0 Å². The Bertz CT molecular complexity index is 285. The number of carbonyl (C=O) groups excluding carboxylic acids is 3. The lowest BCUT2D eigenvalue weighted by molar-refractivity contribution is -0.137. The molecule has 5 heteroatoms. The van der Waals surface area contributed by atoms with E-state index in [2.05, 4.69) is 11.9 Å². The summed E-state index contributed by atoms with van der Waals surface area (Å²) in [6, 6.07) is -0.719. The zero-order valence-electron chi connectivity index (χ0n) is 7.24. The number of likely N-dealkylation sites (tertiary alicyclic amines) is 1. The molecule has 1 unspecified atom stereocenters. The SMILES string of the molecule is C=CC(=O)NC1CC(=O)N(C)C1=O. The molecule has 1 atom stereocenters. The summed E-state index contributed by atoms with van der Waals surface area (Å²) in [6.45, 7) is 3.24. The number of hydrogen-bond acceptors (Lipinski definition) is 3. The average Bonchev–Trinajstić information content (AvgIpc) is 2.34. The Balaban J connectivity index is 2.64. The van der Waals surface area contributed by atoms with Gasteiger partial charge in [0.2, 0.25) is 11.8 Å². The Hall–Kier alpha value is -1.65. The van der Waals surface area contributed by atoms with Crippen molar-refractivity contribution in [1.82, 2.24) is 10.2 Å². The van der Waals surface area contributed by atoms with Gasteiger partial charge < -0.3 is 5.32 Å². The molecule has 70 valence electrons. The lowest BCUT2D eigenvalue weighted by atomic mass is 10.2. The second kappa shape index (κ2) is 3.38. The predicted octanol–water partition coefficient (Wildman–Crippen LogP) is -0.954. The summed E-state index contributed by atoms with van der Waals surface area (Å²) in [6.07, 6.45) is 1.10. The molecule has 0 bridgehead atoms. The maximum atomic E-state index is 11.2. The van der Waals surface area contributed by atoms with E-state index in [-0.39, 0.29) is 18.2 Å². The highest BCUT2D eigenvalue weighted by Crippen LogP contribution is 2.09. The molecular formula is C8H10N2O3. The Labute approximate surface area is 75.4 Å². The molecule has 0 aromatic carbocycles. The molecule has 0 radical (unpaired) electrons. The number of imide groups is 1. The van der Waals surface area contributed by atoms with Gasteiger partial charge in [-0.05, 0) is 6.08 Å². The van der Waals surface area contributed by atoms with Gasteiger partial charge in [0, 0.05) is 7.05 Å². The molecule has 3 amide bonds. The Morgan fingerprint density at radius 2 is 2.31 bits per heavy atom. The zero-order valence-corrected chi connectivity index (χ0v) is 7.24. The van der Waals surface area contributed by atoms with Crippen LogP contribution in [-0.4, -0.2) is 35.7 Å². The van der Waals surface area contributed by atoms with Crippen molar-refractivity contribution in [3.63, 3.8) is 0 Å². The van der Waals surface area contributed by atoms with Crippen molar-refractivity contribution in [2.75, 3.05) is 7.05 Å². The normalized spacial score (nSPS) is 21.9. The molecule has 1 fully saturated rings. The number of nitrogens with one attached hydrogen (secondary N) is 1. The number of carbonyl (C=O) groups is 3. The minimum Gasteiger partial charge on any atom is -0.340 e. The highest BCUT2D eigenvalue weighted by Gasteiger charge is 2.36. The van der Waals surface area contributed by atoms with Crippen molar-refractivity contribution in [2.24, 2.45) is 0 Å². The van der Waals surface area contributed by atoms with Gasteiger partial charge in [0.05, 0.1) is 6.42 Å². The van der Waals surface area contributed by atoms with Crippen molar-refractivity contribution in [1.29, 1.82) is 0 Å². The molecule has 1 aliphatic heterocycles.